The Morgan fingerprint density at radius 2 is 2.00 bits per heavy atom. The van der Waals surface area contributed by atoms with Crippen molar-refractivity contribution in [3.05, 3.63) is 0 Å². The van der Waals surface area contributed by atoms with Crippen LogP contribution in [0.1, 0.15) is 13.3 Å². The van der Waals surface area contributed by atoms with Gasteiger partial charge >= 0.3 is 6.09 Å². The van der Waals surface area contributed by atoms with Crippen molar-refractivity contribution in [1.82, 2.24) is 9.80 Å². The molecule has 88 valence electrons. The van der Waals surface area contributed by atoms with E-state index in [9.17, 15) is 4.79 Å². The maximum atomic E-state index is 11.4. The molecule has 0 radical (unpaired) electrons. The van der Waals surface area contributed by atoms with E-state index >= 15 is 0 Å². The molecule has 0 aromatic heterocycles. The van der Waals surface area contributed by atoms with Gasteiger partial charge in [0.05, 0.1) is 6.61 Å². The van der Waals surface area contributed by atoms with Gasteiger partial charge in [-0.1, -0.05) is 0 Å². The van der Waals surface area contributed by atoms with Crippen LogP contribution < -0.4 is 0 Å². The quantitative estimate of drug-likeness (QED) is 0.726. The minimum absolute atomic E-state index is 0.209. The van der Waals surface area contributed by atoms with Gasteiger partial charge in [-0.25, -0.2) is 4.79 Å². The van der Waals surface area contributed by atoms with Gasteiger partial charge in [-0.15, -0.1) is 0 Å². The summed E-state index contributed by atoms with van der Waals surface area (Å²) in [6.45, 7) is 6.59. The van der Waals surface area contributed by atoms with Crippen molar-refractivity contribution in [2.45, 2.75) is 13.3 Å². The number of carbonyl (C=O) groups excluding carboxylic acids is 1. The molecule has 1 amide bonds. The van der Waals surface area contributed by atoms with Gasteiger partial charge in [0.1, 0.15) is 0 Å². The monoisotopic (exact) mass is 216 g/mol. The van der Waals surface area contributed by atoms with Gasteiger partial charge in [0.15, 0.2) is 0 Å². The Morgan fingerprint density at radius 3 is 2.53 bits per heavy atom. The summed E-state index contributed by atoms with van der Waals surface area (Å²) in [5.41, 5.74) is 0. The standard InChI is InChI=1S/C10H20N2O3/c1-2-15-10(14)12-7-5-11(6-8-12)4-3-9-13/h13H,2-9H2,1H3. The summed E-state index contributed by atoms with van der Waals surface area (Å²) in [4.78, 5) is 15.4. The molecule has 0 bridgehead atoms. The van der Waals surface area contributed by atoms with Gasteiger partial charge in [-0.05, 0) is 13.3 Å². The van der Waals surface area contributed by atoms with Crippen LogP contribution in [0.25, 0.3) is 0 Å². The second-order valence-corrected chi connectivity index (χ2v) is 3.60. The highest BCUT2D eigenvalue weighted by molar-refractivity contribution is 5.67. The maximum Gasteiger partial charge on any atom is 0.409 e. The number of aliphatic hydroxyl groups excluding tert-OH is 1. The van der Waals surface area contributed by atoms with Crippen molar-refractivity contribution >= 4 is 6.09 Å². The molecule has 0 atom stereocenters. The minimum atomic E-state index is -0.209. The molecule has 1 fully saturated rings. The van der Waals surface area contributed by atoms with Crippen LogP contribution in [-0.4, -0.2) is 66.9 Å². The smallest absolute Gasteiger partial charge is 0.409 e. The second kappa shape index (κ2) is 6.63. The Balaban J connectivity index is 2.20. The van der Waals surface area contributed by atoms with Crippen molar-refractivity contribution in [3.8, 4) is 0 Å². The van der Waals surface area contributed by atoms with Crippen molar-refractivity contribution in [2.24, 2.45) is 0 Å². The molecule has 1 N–H and O–H groups in total. The van der Waals surface area contributed by atoms with Gasteiger partial charge in [0.2, 0.25) is 0 Å². The van der Waals surface area contributed by atoms with Gasteiger partial charge < -0.3 is 14.7 Å². The molecule has 1 heterocycles. The van der Waals surface area contributed by atoms with Crippen LogP contribution >= 0.6 is 0 Å². The fourth-order valence-electron chi connectivity index (χ4n) is 1.66. The summed E-state index contributed by atoms with van der Waals surface area (Å²) in [5, 5.41) is 8.70. The number of aliphatic hydroxyl groups is 1. The zero-order valence-corrected chi connectivity index (χ0v) is 9.31. The third-order valence-electron chi connectivity index (χ3n) is 2.53. The summed E-state index contributed by atoms with van der Waals surface area (Å²) in [5.74, 6) is 0. The molecular formula is C10H20N2O3. The van der Waals surface area contributed by atoms with Crippen LogP contribution in [0.2, 0.25) is 0 Å². The molecule has 15 heavy (non-hydrogen) atoms. The Labute approximate surface area is 90.6 Å². The first-order valence-electron chi connectivity index (χ1n) is 5.53. The SMILES string of the molecule is CCOC(=O)N1CCN(CCCO)CC1. The largest absolute Gasteiger partial charge is 0.450 e. The van der Waals surface area contributed by atoms with Crippen LogP contribution in [0.5, 0.6) is 0 Å². The number of nitrogens with zero attached hydrogens (tertiary/aromatic N) is 2. The predicted molar refractivity (Wildman–Crippen MR) is 56.7 cm³/mol. The van der Waals surface area contributed by atoms with E-state index in [1.807, 2.05) is 6.92 Å². The second-order valence-electron chi connectivity index (χ2n) is 3.60. The first-order chi connectivity index (χ1) is 7.27. The van der Waals surface area contributed by atoms with E-state index in [0.29, 0.717) is 6.61 Å². The molecule has 1 aliphatic rings. The summed E-state index contributed by atoms with van der Waals surface area (Å²) < 4.78 is 4.93. The lowest BCUT2D eigenvalue weighted by Crippen LogP contribution is -2.49. The van der Waals surface area contributed by atoms with Crippen molar-refractivity contribution < 1.29 is 14.6 Å². The highest BCUT2D eigenvalue weighted by atomic mass is 16.6. The Morgan fingerprint density at radius 1 is 1.33 bits per heavy atom. The molecule has 5 heteroatoms. The van der Waals surface area contributed by atoms with Gasteiger partial charge in [-0.3, -0.25) is 4.90 Å². The lowest BCUT2D eigenvalue weighted by Gasteiger charge is -2.33. The highest BCUT2D eigenvalue weighted by Crippen LogP contribution is 2.04. The molecule has 0 aliphatic carbocycles. The van der Waals surface area contributed by atoms with Crippen molar-refractivity contribution in [1.29, 1.82) is 0 Å². The van der Waals surface area contributed by atoms with E-state index in [1.165, 1.54) is 0 Å². The van der Waals surface area contributed by atoms with E-state index < -0.39 is 0 Å². The number of piperazine rings is 1. The maximum absolute atomic E-state index is 11.4. The lowest BCUT2D eigenvalue weighted by atomic mass is 10.3. The molecule has 1 rings (SSSR count). The zero-order valence-electron chi connectivity index (χ0n) is 9.31. The predicted octanol–water partition coefficient (Wildman–Crippen LogP) is 0.143. The number of carbonyl (C=O) groups is 1. The number of amides is 1. The molecule has 1 saturated heterocycles. The Bertz CT molecular complexity index is 191. The van der Waals surface area contributed by atoms with Crippen LogP contribution in [0, 0.1) is 0 Å². The van der Waals surface area contributed by atoms with Gasteiger partial charge in [-0.2, -0.15) is 0 Å². The van der Waals surface area contributed by atoms with Gasteiger partial charge in [0.25, 0.3) is 0 Å². The lowest BCUT2D eigenvalue weighted by molar-refractivity contribution is 0.0778. The van der Waals surface area contributed by atoms with E-state index in [-0.39, 0.29) is 12.7 Å². The molecular weight excluding hydrogens is 196 g/mol. The first-order valence-corrected chi connectivity index (χ1v) is 5.53. The number of hydrogen-bond acceptors (Lipinski definition) is 4. The van der Waals surface area contributed by atoms with Crippen LogP contribution in [0.3, 0.4) is 0 Å². The van der Waals surface area contributed by atoms with Crippen LogP contribution in [0.4, 0.5) is 4.79 Å². The topological polar surface area (TPSA) is 53.0 Å². The average Bonchev–Trinajstić information content (AvgIpc) is 2.27. The highest BCUT2D eigenvalue weighted by Gasteiger charge is 2.21. The Kier molecular flexibility index (Phi) is 5.42. The number of hydrogen-bond donors (Lipinski definition) is 1. The number of ether oxygens (including phenoxy) is 1. The first kappa shape index (κ1) is 12.3. The molecule has 5 nitrogen and oxygen atoms in total. The average molecular weight is 216 g/mol. The van der Waals surface area contributed by atoms with E-state index in [0.717, 1.165) is 39.1 Å². The molecule has 0 aromatic rings. The normalized spacial score (nSPS) is 17.9. The summed E-state index contributed by atoms with van der Waals surface area (Å²) in [6, 6.07) is 0. The van der Waals surface area contributed by atoms with Crippen molar-refractivity contribution in [3.63, 3.8) is 0 Å². The minimum Gasteiger partial charge on any atom is -0.450 e. The number of rotatable bonds is 4. The third-order valence-corrected chi connectivity index (χ3v) is 2.53. The third kappa shape index (κ3) is 4.05. The van der Waals surface area contributed by atoms with Crippen LogP contribution in [0.15, 0.2) is 0 Å². The molecule has 0 spiro atoms. The van der Waals surface area contributed by atoms with Gasteiger partial charge in [0, 0.05) is 39.3 Å². The Hall–Kier alpha value is -0.810. The summed E-state index contributed by atoms with van der Waals surface area (Å²) in [7, 11) is 0. The summed E-state index contributed by atoms with van der Waals surface area (Å²) in [6.07, 6.45) is 0.596. The fraction of sp³-hybridized carbons (Fsp3) is 0.900. The zero-order chi connectivity index (χ0) is 11.1. The van der Waals surface area contributed by atoms with E-state index in [2.05, 4.69) is 4.90 Å². The summed E-state index contributed by atoms with van der Waals surface area (Å²) >= 11 is 0. The molecule has 1 aliphatic heterocycles. The molecule has 0 aromatic carbocycles. The molecule has 0 saturated carbocycles. The van der Waals surface area contributed by atoms with Crippen LogP contribution in [-0.2, 0) is 4.74 Å². The molecule has 0 unspecified atom stereocenters. The fourth-order valence-corrected chi connectivity index (χ4v) is 1.66. The van der Waals surface area contributed by atoms with E-state index in [4.69, 9.17) is 9.84 Å². The van der Waals surface area contributed by atoms with E-state index in [1.54, 1.807) is 4.90 Å². The van der Waals surface area contributed by atoms with Crippen molar-refractivity contribution in [2.75, 3.05) is 45.9 Å².